The molecule has 0 unspecified atom stereocenters. The molecule has 7 heteroatoms. The average Bonchev–Trinajstić information content (AvgIpc) is 2.98. The number of carbonyl (C=O) groups excluding carboxylic acids is 2. The number of nitrogens with zero attached hydrogens (tertiary/aromatic N) is 1. The number of aromatic amines is 1. The molecule has 1 saturated carbocycles. The Bertz CT molecular complexity index is 796. The number of benzene rings is 1. The Morgan fingerprint density at radius 3 is 2.77 bits per heavy atom. The van der Waals surface area contributed by atoms with E-state index >= 15 is 0 Å². The first-order valence-electron chi connectivity index (χ1n) is 8.80. The van der Waals surface area contributed by atoms with Crippen LogP contribution in [0, 0.1) is 5.92 Å². The fourth-order valence-corrected chi connectivity index (χ4v) is 3.19. The third kappa shape index (κ3) is 4.64. The first-order valence-corrected chi connectivity index (χ1v) is 9.18. The minimum atomic E-state index is -0.0791. The number of nitrogens with one attached hydrogen (secondary N) is 3. The molecule has 26 heavy (non-hydrogen) atoms. The van der Waals surface area contributed by atoms with Crippen LogP contribution in [0.5, 0.6) is 0 Å². The van der Waals surface area contributed by atoms with Gasteiger partial charge < -0.3 is 10.6 Å². The molecule has 1 aromatic carbocycles. The van der Waals surface area contributed by atoms with Gasteiger partial charge in [0.1, 0.15) is 5.82 Å². The molecule has 2 amide bonds. The molecular weight excluding hydrogens is 352 g/mol. The second-order valence-corrected chi connectivity index (χ2v) is 7.53. The zero-order valence-corrected chi connectivity index (χ0v) is 15.6. The van der Waals surface area contributed by atoms with Crippen LogP contribution in [0.15, 0.2) is 30.3 Å². The second-order valence-electron chi connectivity index (χ2n) is 7.09. The van der Waals surface area contributed by atoms with Gasteiger partial charge in [-0.15, -0.1) is 0 Å². The molecule has 0 bridgehead atoms. The van der Waals surface area contributed by atoms with Crippen LogP contribution < -0.4 is 10.6 Å². The zero-order chi connectivity index (χ0) is 18.7. The quantitative estimate of drug-likeness (QED) is 0.725. The van der Waals surface area contributed by atoms with Gasteiger partial charge in [0.15, 0.2) is 0 Å². The summed E-state index contributed by atoms with van der Waals surface area (Å²) in [5, 5.41) is 13.6. The van der Waals surface area contributed by atoms with Crippen LogP contribution >= 0.6 is 11.6 Å². The molecule has 1 aliphatic carbocycles. The van der Waals surface area contributed by atoms with Crippen LogP contribution in [0.4, 0.5) is 5.82 Å². The molecule has 6 nitrogen and oxygen atoms in total. The highest BCUT2D eigenvalue weighted by Gasteiger charge is 2.33. The molecule has 138 valence electrons. The van der Waals surface area contributed by atoms with E-state index in [1.807, 2.05) is 32.0 Å². The lowest BCUT2D eigenvalue weighted by atomic mass is 9.78. The van der Waals surface area contributed by atoms with Gasteiger partial charge in [0.2, 0.25) is 11.8 Å². The predicted octanol–water partition coefficient (Wildman–Crippen LogP) is 3.26. The number of rotatable bonds is 6. The molecule has 1 aliphatic rings. The average molecular weight is 375 g/mol. The van der Waals surface area contributed by atoms with Crippen LogP contribution in [0.2, 0.25) is 5.02 Å². The SMILES string of the molecule is CC(C)C(=O)Nc1cc(C2CC(NC(=O)Cc3cccc(Cl)c3)C2)n[nH]1. The van der Waals surface area contributed by atoms with Gasteiger partial charge in [-0.1, -0.05) is 37.6 Å². The maximum Gasteiger partial charge on any atom is 0.228 e. The summed E-state index contributed by atoms with van der Waals surface area (Å²) in [6.45, 7) is 3.68. The minimum Gasteiger partial charge on any atom is -0.353 e. The first kappa shape index (κ1) is 18.5. The van der Waals surface area contributed by atoms with Crippen molar-refractivity contribution in [1.29, 1.82) is 0 Å². The fourth-order valence-electron chi connectivity index (χ4n) is 2.98. The number of amides is 2. The summed E-state index contributed by atoms with van der Waals surface area (Å²) in [5.74, 6) is 0.798. The topological polar surface area (TPSA) is 86.9 Å². The van der Waals surface area contributed by atoms with E-state index in [-0.39, 0.29) is 23.8 Å². The van der Waals surface area contributed by atoms with Crippen LogP contribution in [0.25, 0.3) is 0 Å². The van der Waals surface area contributed by atoms with Crippen LogP contribution in [-0.4, -0.2) is 28.1 Å². The van der Waals surface area contributed by atoms with E-state index in [0.29, 0.717) is 23.2 Å². The number of aromatic nitrogens is 2. The third-order valence-electron chi connectivity index (χ3n) is 4.56. The van der Waals surface area contributed by atoms with Crippen molar-refractivity contribution in [1.82, 2.24) is 15.5 Å². The largest absolute Gasteiger partial charge is 0.353 e. The molecule has 1 heterocycles. The monoisotopic (exact) mass is 374 g/mol. The van der Waals surface area contributed by atoms with Crippen molar-refractivity contribution in [3.05, 3.63) is 46.6 Å². The van der Waals surface area contributed by atoms with Gasteiger partial charge in [-0.3, -0.25) is 14.7 Å². The number of carbonyl (C=O) groups is 2. The molecule has 1 aromatic heterocycles. The summed E-state index contributed by atoms with van der Waals surface area (Å²) < 4.78 is 0. The number of H-pyrrole nitrogens is 1. The number of anilines is 1. The Labute approximate surface area is 157 Å². The van der Waals surface area contributed by atoms with Gasteiger partial charge in [0.25, 0.3) is 0 Å². The first-order chi connectivity index (χ1) is 12.4. The number of hydrogen-bond acceptors (Lipinski definition) is 3. The van der Waals surface area contributed by atoms with Gasteiger partial charge in [-0.2, -0.15) is 5.10 Å². The maximum absolute atomic E-state index is 12.1. The van der Waals surface area contributed by atoms with Gasteiger partial charge in [-0.05, 0) is 30.5 Å². The molecule has 0 saturated heterocycles. The Hall–Kier alpha value is -2.34. The van der Waals surface area contributed by atoms with Crippen LogP contribution in [-0.2, 0) is 16.0 Å². The Balaban J connectivity index is 1.45. The van der Waals surface area contributed by atoms with Gasteiger partial charge >= 0.3 is 0 Å². The van der Waals surface area contributed by atoms with E-state index in [4.69, 9.17) is 11.6 Å². The highest BCUT2D eigenvalue weighted by atomic mass is 35.5. The van der Waals surface area contributed by atoms with E-state index in [2.05, 4.69) is 20.8 Å². The molecule has 3 rings (SSSR count). The number of halogens is 1. The van der Waals surface area contributed by atoms with E-state index in [0.717, 1.165) is 24.1 Å². The zero-order valence-electron chi connectivity index (χ0n) is 14.9. The molecule has 3 N–H and O–H groups in total. The summed E-state index contributed by atoms with van der Waals surface area (Å²) in [5.41, 5.74) is 1.83. The molecule has 2 aromatic rings. The standard InChI is InChI=1S/C19H23ClN4O2/c1-11(2)19(26)22-17-10-16(23-24-17)13-8-15(9-13)21-18(25)7-12-4-3-5-14(20)6-12/h3-6,10-11,13,15H,7-9H2,1-2H3,(H,21,25)(H2,22,23,24,26). The van der Waals surface area contributed by atoms with Crippen LogP contribution in [0.1, 0.15) is 43.9 Å². The van der Waals surface area contributed by atoms with E-state index in [1.54, 1.807) is 12.1 Å². The molecule has 1 fully saturated rings. The van der Waals surface area contributed by atoms with Crippen molar-refractivity contribution >= 4 is 29.2 Å². The molecular formula is C19H23ClN4O2. The van der Waals surface area contributed by atoms with E-state index in [1.165, 1.54) is 0 Å². The number of hydrogen-bond donors (Lipinski definition) is 3. The molecule has 0 radical (unpaired) electrons. The minimum absolute atomic E-state index is 0.00244. The lowest BCUT2D eigenvalue weighted by Gasteiger charge is -2.34. The van der Waals surface area contributed by atoms with Gasteiger partial charge in [0.05, 0.1) is 12.1 Å². The van der Waals surface area contributed by atoms with Crippen molar-refractivity contribution in [2.75, 3.05) is 5.32 Å². The summed E-state index contributed by atoms with van der Waals surface area (Å²) in [6.07, 6.45) is 2.03. The van der Waals surface area contributed by atoms with Crippen molar-refractivity contribution in [2.45, 2.75) is 45.1 Å². The van der Waals surface area contributed by atoms with Crippen molar-refractivity contribution in [3.8, 4) is 0 Å². The lowest BCUT2D eigenvalue weighted by Crippen LogP contribution is -2.44. The molecule has 0 atom stereocenters. The van der Waals surface area contributed by atoms with Gasteiger partial charge in [-0.25, -0.2) is 0 Å². The van der Waals surface area contributed by atoms with Gasteiger partial charge in [0, 0.05) is 29.0 Å². The highest BCUT2D eigenvalue weighted by molar-refractivity contribution is 6.30. The van der Waals surface area contributed by atoms with Crippen LogP contribution in [0.3, 0.4) is 0 Å². The van der Waals surface area contributed by atoms with E-state index < -0.39 is 0 Å². The molecule has 0 spiro atoms. The highest BCUT2D eigenvalue weighted by Crippen LogP contribution is 2.36. The smallest absolute Gasteiger partial charge is 0.228 e. The normalized spacial score (nSPS) is 19.1. The van der Waals surface area contributed by atoms with Crippen molar-refractivity contribution in [3.63, 3.8) is 0 Å². The predicted molar refractivity (Wildman–Crippen MR) is 101 cm³/mol. The molecule has 0 aliphatic heterocycles. The lowest BCUT2D eigenvalue weighted by molar-refractivity contribution is -0.122. The third-order valence-corrected chi connectivity index (χ3v) is 4.79. The van der Waals surface area contributed by atoms with E-state index in [9.17, 15) is 9.59 Å². The van der Waals surface area contributed by atoms with Crippen molar-refractivity contribution < 1.29 is 9.59 Å². The summed E-state index contributed by atoms with van der Waals surface area (Å²) in [4.78, 5) is 23.8. The van der Waals surface area contributed by atoms with Crippen molar-refractivity contribution in [2.24, 2.45) is 5.92 Å². The second kappa shape index (κ2) is 7.91. The Morgan fingerprint density at radius 1 is 1.31 bits per heavy atom. The summed E-state index contributed by atoms with van der Waals surface area (Å²) in [7, 11) is 0. The summed E-state index contributed by atoms with van der Waals surface area (Å²) >= 11 is 5.94. The fraction of sp³-hybridized carbons (Fsp3) is 0.421. The summed E-state index contributed by atoms with van der Waals surface area (Å²) in [6, 6.07) is 9.37. The Morgan fingerprint density at radius 2 is 2.08 bits per heavy atom. The maximum atomic E-state index is 12.1. The Kier molecular flexibility index (Phi) is 5.61.